The van der Waals surface area contributed by atoms with Crippen LogP contribution in [-0.4, -0.2) is 9.38 Å². The molecule has 18 heavy (non-hydrogen) atoms. The first-order valence-corrected chi connectivity index (χ1v) is 6.02. The van der Waals surface area contributed by atoms with Crippen LogP contribution in [0.15, 0.2) is 30.5 Å². The van der Waals surface area contributed by atoms with E-state index in [1.54, 1.807) is 0 Å². The highest BCUT2D eigenvalue weighted by atomic mass is 35.5. The lowest BCUT2D eigenvalue weighted by atomic mass is 10.1. The van der Waals surface area contributed by atoms with Gasteiger partial charge in [-0.25, -0.2) is 4.98 Å². The average molecular weight is 256 g/mol. The minimum atomic E-state index is 0.360. The fourth-order valence-corrected chi connectivity index (χ4v) is 2.51. The van der Waals surface area contributed by atoms with Crippen molar-refractivity contribution in [3.63, 3.8) is 0 Å². The van der Waals surface area contributed by atoms with E-state index < -0.39 is 0 Å². The molecule has 0 spiro atoms. The van der Waals surface area contributed by atoms with Crippen LogP contribution in [0.4, 0.5) is 0 Å². The summed E-state index contributed by atoms with van der Waals surface area (Å²) in [4.78, 5) is 4.55. The number of pyridine rings is 1. The zero-order valence-corrected chi connectivity index (χ0v) is 10.6. The third-order valence-electron chi connectivity index (χ3n) is 3.14. The zero-order valence-electron chi connectivity index (χ0n) is 9.81. The highest BCUT2D eigenvalue weighted by molar-refractivity contribution is 6.35. The SMILES string of the molecule is Cc1nc2c3cccc(Cl)c3ccn2c1CC#N. The summed E-state index contributed by atoms with van der Waals surface area (Å²) in [6.07, 6.45) is 2.29. The van der Waals surface area contributed by atoms with Crippen LogP contribution >= 0.6 is 11.6 Å². The lowest BCUT2D eigenvalue weighted by molar-refractivity contribution is 1.04. The standard InChI is InChI=1S/C14H10ClN3/c1-9-13(5-7-16)18-8-6-10-11(14(18)17-9)3-2-4-12(10)15/h2-4,6,8H,5H2,1H3. The first kappa shape index (κ1) is 11.1. The largest absolute Gasteiger partial charge is 0.302 e. The Labute approximate surface area is 109 Å². The van der Waals surface area contributed by atoms with Gasteiger partial charge in [0, 0.05) is 22.0 Å². The van der Waals surface area contributed by atoms with E-state index in [2.05, 4.69) is 11.1 Å². The molecule has 0 unspecified atom stereocenters. The number of aryl methyl sites for hydroxylation is 1. The van der Waals surface area contributed by atoms with Gasteiger partial charge in [0.05, 0.1) is 23.9 Å². The van der Waals surface area contributed by atoms with Crippen LogP contribution in [0.1, 0.15) is 11.4 Å². The van der Waals surface area contributed by atoms with Crippen LogP contribution in [0.3, 0.4) is 0 Å². The average Bonchev–Trinajstić information content (AvgIpc) is 2.68. The quantitative estimate of drug-likeness (QED) is 0.668. The van der Waals surface area contributed by atoms with Gasteiger partial charge in [0.2, 0.25) is 0 Å². The Kier molecular flexibility index (Phi) is 2.46. The van der Waals surface area contributed by atoms with Crippen molar-refractivity contribution in [1.82, 2.24) is 9.38 Å². The Morgan fingerprint density at radius 1 is 1.33 bits per heavy atom. The van der Waals surface area contributed by atoms with E-state index in [0.29, 0.717) is 6.42 Å². The van der Waals surface area contributed by atoms with Gasteiger partial charge < -0.3 is 4.40 Å². The van der Waals surface area contributed by atoms with Gasteiger partial charge in [-0.15, -0.1) is 0 Å². The second kappa shape index (κ2) is 4.01. The molecule has 0 amide bonds. The number of rotatable bonds is 1. The number of aromatic nitrogens is 2. The summed E-state index contributed by atoms with van der Waals surface area (Å²) >= 11 is 6.18. The minimum absolute atomic E-state index is 0.360. The van der Waals surface area contributed by atoms with Crippen LogP contribution in [0.25, 0.3) is 16.4 Å². The van der Waals surface area contributed by atoms with Crippen molar-refractivity contribution in [2.75, 3.05) is 0 Å². The van der Waals surface area contributed by atoms with E-state index in [-0.39, 0.29) is 0 Å². The molecule has 0 aliphatic heterocycles. The van der Waals surface area contributed by atoms with Crippen molar-refractivity contribution < 1.29 is 0 Å². The van der Waals surface area contributed by atoms with Crippen molar-refractivity contribution in [1.29, 1.82) is 5.26 Å². The van der Waals surface area contributed by atoms with Crippen molar-refractivity contribution >= 4 is 28.0 Å². The molecule has 3 nitrogen and oxygen atoms in total. The van der Waals surface area contributed by atoms with E-state index in [1.165, 1.54) is 0 Å². The summed E-state index contributed by atoms with van der Waals surface area (Å²) in [6.45, 7) is 1.93. The lowest BCUT2D eigenvalue weighted by Gasteiger charge is -2.03. The molecular weight excluding hydrogens is 246 g/mol. The molecule has 2 heterocycles. The summed E-state index contributed by atoms with van der Waals surface area (Å²) in [6, 6.07) is 9.92. The molecule has 0 fully saturated rings. The Morgan fingerprint density at radius 3 is 2.94 bits per heavy atom. The molecule has 4 heteroatoms. The number of nitrogens with zero attached hydrogens (tertiary/aromatic N) is 3. The third kappa shape index (κ3) is 1.47. The number of imidazole rings is 1. The summed E-state index contributed by atoms with van der Waals surface area (Å²) < 4.78 is 1.97. The van der Waals surface area contributed by atoms with E-state index in [1.807, 2.05) is 41.8 Å². The van der Waals surface area contributed by atoms with Crippen LogP contribution in [-0.2, 0) is 6.42 Å². The molecule has 0 radical (unpaired) electrons. The number of nitriles is 1. The molecule has 0 atom stereocenters. The molecule has 0 saturated heterocycles. The van der Waals surface area contributed by atoms with Gasteiger partial charge in [0.1, 0.15) is 5.65 Å². The molecule has 3 aromatic rings. The normalized spacial score (nSPS) is 10.9. The summed E-state index contributed by atoms with van der Waals surface area (Å²) in [5.41, 5.74) is 2.69. The molecule has 0 bridgehead atoms. The van der Waals surface area contributed by atoms with E-state index in [4.69, 9.17) is 16.9 Å². The van der Waals surface area contributed by atoms with Crippen molar-refractivity contribution in [3.05, 3.63) is 46.9 Å². The molecule has 88 valence electrons. The summed E-state index contributed by atoms with van der Waals surface area (Å²) in [5, 5.41) is 11.6. The number of hydrogen-bond donors (Lipinski definition) is 0. The second-order valence-corrected chi connectivity index (χ2v) is 4.60. The number of benzene rings is 1. The second-order valence-electron chi connectivity index (χ2n) is 4.19. The maximum atomic E-state index is 8.87. The molecule has 0 N–H and O–H groups in total. The highest BCUT2D eigenvalue weighted by Gasteiger charge is 2.11. The van der Waals surface area contributed by atoms with Gasteiger partial charge in [-0.2, -0.15) is 5.26 Å². The number of halogens is 1. The Morgan fingerprint density at radius 2 is 2.17 bits per heavy atom. The zero-order chi connectivity index (χ0) is 12.7. The molecular formula is C14H10ClN3. The Balaban J connectivity index is 2.47. The number of fused-ring (bicyclic) bond motifs is 3. The van der Waals surface area contributed by atoms with Crippen LogP contribution < -0.4 is 0 Å². The first-order chi connectivity index (χ1) is 8.72. The summed E-state index contributed by atoms with van der Waals surface area (Å²) in [5.74, 6) is 0. The topological polar surface area (TPSA) is 41.1 Å². The molecule has 0 aliphatic carbocycles. The van der Waals surface area contributed by atoms with Crippen molar-refractivity contribution in [2.45, 2.75) is 13.3 Å². The maximum absolute atomic E-state index is 8.87. The predicted molar refractivity (Wildman–Crippen MR) is 71.8 cm³/mol. The van der Waals surface area contributed by atoms with Crippen molar-refractivity contribution in [3.8, 4) is 6.07 Å². The summed E-state index contributed by atoms with van der Waals surface area (Å²) in [7, 11) is 0. The fraction of sp³-hybridized carbons (Fsp3) is 0.143. The first-order valence-electron chi connectivity index (χ1n) is 5.64. The molecule has 1 aromatic carbocycles. The van der Waals surface area contributed by atoms with E-state index >= 15 is 0 Å². The molecule has 0 aliphatic rings. The smallest absolute Gasteiger partial charge is 0.145 e. The van der Waals surface area contributed by atoms with Crippen LogP contribution in [0.2, 0.25) is 5.02 Å². The molecule has 0 saturated carbocycles. The molecule has 2 aromatic heterocycles. The monoisotopic (exact) mass is 255 g/mol. The van der Waals surface area contributed by atoms with Gasteiger partial charge in [-0.3, -0.25) is 0 Å². The minimum Gasteiger partial charge on any atom is -0.302 e. The third-order valence-corrected chi connectivity index (χ3v) is 3.47. The van der Waals surface area contributed by atoms with Crippen LogP contribution in [0.5, 0.6) is 0 Å². The van der Waals surface area contributed by atoms with Gasteiger partial charge in [-0.05, 0) is 19.1 Å². The van der Waals surface area contributed by atoms with Gasteiger partial charge in [-0.1, -0.05) is 23.7 Å². The number of hydrogen-bond acceptors (Lipinski definition) is 2. The highest BCUT2D eigenvalue weighted by Crippen LogP contribution is 2.27. The Bertz CT molecular complexity index is 796. The predicted octanol–water partition coefficient (Wildman–Crippen LogP) is 3.52. The van der Waals surface area contributed by atoms with Gasteiger partial charge in [0.25, 0.3) is 0 Å². The van der Waals surface area contributed by atoms with Gasteiger partial charge >= 0.3 is 0 Å². The van der Waals surface area contributed by atoms with Crippen LogP contribution in [0, 0.1) is 18.3 Å². The maximum Gasteiger partial charge on any atom is 0.145 e. The molecule has 3 rings (SSSR count). The Hall–Kier alpha value is -2.05. The fourth-order valence-electron chi connectivity index (χ4n) is 2.27. The van der Waals surface area contributed by atoms with Crippen molar-refractivity contribution in [2.24, 2.45) is 0 Å². The lowest BCUT2D eigenvalue weighted by Crippen LogP contribution is -1.93. The van der Waals surface area contributed by atoms with E-state index in [0.717, 1.165) is 32.8 Å². The van der Waals surface area contributed by atoms with E-state index in [9.17, 15) is 0 Å². The van der Waals surface area contributed by atoms with Gasteiger partial charge in [0.15, 0.2) is 0 Å².